The molecule has 0 spiro atoms. The SMILES string of the molecule is CCC(C)(C)Oc1cc2c(cc1N)OCC(=O)N2. The molecule has 0 saturated carbocycles. The number of amides is 1. The molecule has 0 saturated heterocycles. The zero-order chi connectivity index (χ0) is 13.3. The van der Waals surface area contributed by atoms with Crippen LogP contribution in [0.1, 0.15) is 27.2 Å². The van der Waals surface area contributed by atoms with E-state index in [0.717, 1.165) is 6.42 Å². The van der Waals surface area contributed by atoms with Gasteiger partial charge in [-0.25, -0.2) is 0 Å². The van der Waals surface area contributed by atoms with Gasteiger partial charge >= 0.3 is 0 Å². The number of carbonyl (C=O) groups is 1. The number of nitrogen functional groups attached to an aromatic ring is 1. The summed E-state index contributed by atoms with van der Waals surface area (Å²) in [5, 5.41) is 2.73. The largest absolute Gasteiger partial charge is 0.486 e. The minimum atomic E-state index is -0.304. The highest BCUT2D eigenvalue weighted by Gasteiger charge is 2.22. The first-order valence-electron chi connectivity index (χ1n) is 5.96. The fourth-order valence-electron chi connectivity index (χ4n) is 1.58. The smallest absolute Gasteiger partial charge is 0.262 e. The van der Waals surface area contributed by atoms with Gasteiger partial charge in [0.15, 0.2) is 6.61 Å². The molecule has 1 aromatic rings. The van der Waals surface area contributed by atoms with E-state index in [1.165, 1.54) is 0 Å². The van der Waals surface area contributed by atoms with Crippen LogP contribution in [0.3, 0.4) is 0 Å². The molecule has 1 amide bonds. The van der Waals surface area contributed by atoms with Crippen molar-refractivity contribution >= 4 is 17.3 Å². The first kappa shape index (κ1) is 12.5. The Morgan fingerprint density at radius 1 is 1.50 bits per heavy atom. The molecular weight excluding hydrogens is 232 g/mol. The van der Waals surface area contributed by atoms with E-state index in [4.69, 9.17) is 15.2 Å². The number of hydrogen-bond donors (Lipinski definition) is 2. The summed E-state index contributed by atoms with van der Waals surface area (Å²) in [4.78, 5) is 11.3. The summed E-state index contributed by atoms with van der Waals surface area (Å²) in [5.74, 6) is 0.966. The zero-order valence-corrected chi connectivity index (χ0v) is 10.9. The van der Waals surface area contributed by atoms with Crippen LogP contribution >= 0.6 is 0 Å². The van der Waals surface area contributed by atoms with E-state index in [1.54, 1.807) is 12.1 Å². The Labute approximate surface area is 106 Å². The van der Waals surface area contributed by atoms with Crippen molar-refractivity contribution in [3.05, 3.63) is 12.1 Å². The highest BCUT2D eigenvalue weighted by molar-refractivity contribution is 5.96. The van der Waals surface area contributed by atoms with Crippen molar-refractivity contribution in [2.75, 3.05) is 17.7 Å². The summed E-state index contributed by atoms with van der Waals surface area (Å²) in [6, 6.07) is 3.38. The molecule has 1 aliphatic heterocycles. The Balaban J connectivity index is 2.32. The standard InChI is InChI=1S/C13H18N2O3/c1-4-13(2,3)18-10-6-9-11(5-8(10)14)17-7-12(16)15-9/h5-6H,4,7,14H2,1-3H3,(H,15,16). The van der Waals surface area contributed by atoms with Crippen molar-refractivity contribution in [3.63, 3.8) is 0 Å². The number of fused-ring (bicyclic) bond motifs is 1. The molecule has 0 aliphatic carbocycles. The molecule has 5 heteroatoms. The Morgan fingerprint density at radius 3 is 2.89 bits per heavy atom. The molecule has 0 fully saturated rings. The summed E-state index contributed by atoms with van der Waals surface area (Å²) in [7, 11) is 0. The summed E-state index contributed by atoms with van der Waals surface area (Å²) >= 11 is 0. The lowest BCUT2D eigenvalue weighted by Crippen LogP contribution is -2.28. The third-order valence-electron chi connectivity index (χ3n) is 2.98. The van der Waals surface area contributed by atoms with Gasteiger partial charge in [0.25, 0.3) is 5.91 Å². The van der Waals surface area contributed by atoms with Gasteiger partial charge in [0, 0.05) is 12.1 Å². The number of benzene rings is 1. The summed E-state index contributed by atoms with van der Waals surface area (Å²) in [6.45, 7) is 6.04. The van der Waals surface area contributed by atoms with E-state index in [2.05, 4.69) is 5.32 Å². The first-order chi connectivity index (χ1) is 8.41. The topological polar surface area (TPSA) is 73.6 Å². The first-order valence-corrected chi connectivity index (χ1v) is 5.96. The second-order valence-electron chi connectivity index (χ2n) is 4.94. The number of anilines is 2. The maximum Gasteiger partial charge on any atom is 0.262 e. The van der Waals surface area contributed by atoms with Crippen LogP contribution in [0.5, 0.6) is 11.5 Å². The molecule has 0 radical (unpaired) electrons. The second-order valence-corrected chi connectivity index (χ2v) is 4.94. The predicted molar refractivity (Wildman–Crippen MR) is 70.0 cm³/mol. The predicted octanol–water partition coefficient (Wildman–Crippen LogP) is 2.17. The van der Waals surface area contributed by atoms with Crippen LogP contribution in [0.4, 0.5) is 11.4 Å². The van der Waals surface area contributed by atoms with Crippen molar-refractivity contribution in [1.82, 2.24) is 0 Å². The van der Waals surface area contributed by atoms with E-state index >= 15 is 0 Å². The summed E-state index contributed by atoms with van der Waals surface area (Å²) in [6.07, 6.45) is 0.854. The molecule has 18 heavy (non-hydrogen) atoms. The number of nitrogens with two attached hydrogens (primary N) is 1. The van der Waals surface area contributed by atoms with Crippen LogP contribution in [-0.4, -0.2) is 18.1 Å². The van der Waals surface area contributed by atoms with Crippen LogP contribution in [-0.2, 0) is 4.79 Å². The molecule has 0 aromatic heterocycles. The number of nitrogens with one attached hydrogen (secondary N) is 1. The third kappa shape index (κ3) is 2.50. The van der Waals surface area contributed by atoms with Crippen molar-refractivity contribution in [1.29, 1.82) is 0 Å². The van der Waals surface area contributed by atoms with E-state index in [-0.39, 0.29) is 18.1 Å². The number of hydrogen-bond acceptors (Lipinski definition) is 4. The third-order valence-corrected chi connectivity index (χ3v) is 2.98. The average Bonchev–Trinajstić information content (AvgIpc) is 2.30. The van der Waals surface area contributed by atoms with Gasteiger partial charge in [0.05, 0.1) is 11.4 Å². The molecule has 5 nitrogen and oxygen atoms in total. The van der Waals surface area contributed by atoms with Gasteiger partial charge in [-0.2, -0.15) is 0 Å². The fraction of sp³-hybridized carbons (Fsp3) is 0.462. The quantitative estimate of drug-likeness (QED) is 0.806. The van der Waals surface area contributed by atoms with Gasteiger partial charge in [-0.1, -0.05) is 6.92 Å². The lowest BCUT2D eigenvalue weighted by atomic mass is 10.1. The van der Waals surface area contributed by atoms with Gasteiger partial charge in [-0.05, 0) is 20.3 Å². The normalized spacial score (nSPS) is 14.5. The molecule has 0 unspecified atom stereocenters. The van der Waals surface area contributed by atoms with E-state index in [9.17, 15) is 4.79 Å². The van der Waals surface area contributed by atoms with Gasteiger partial charge in [0.2, 0.25) is 0 Å². The maximum atomic E-state index is 11.3. The Morgan fingerprint density at radius 2 is 2.22 bits per heavy atom. The molecule has 98 valence electrons. The lowest BCUT2D eigenvalue weighted by molar-refractivity contribution is -0.118. The number of ether oxygens (including phenoxy) is 2. The average molecular weight is 250 g/mol. The Kier molecular flexibility index (Phi) is 3.07. The van der Waals surface area contributed by atoms with E-state index in [0.29, 0.717) is 22.9 Å². The van der Waals surface area contributed by atoms with Crippen LogP contribution in [0.25, 0.3) is 0 Å². The second kappa shape index (κ2) is 4.40. The van der Waals surface area contributed by atoms with Crippen molar-refractivity contribution in [2.24, 2.45) is 0 Å². The fourth-order valence-corrected chi connectivity index (χ4v) is 1.58. The monoisotopic (exact) mass is 250 g/mol. The van der Waals surface area contributed by atoms with Crippen LogP contribution in [0, 0.1) is 0 Å². The Bertz CT molecular complexity index is 483. The van der Waals surface area contributed by atoms with Crippen LogP contribution in [0.2, 0.25) is 0 Å². The molecule has 1 heterocycles. The highest BCUT2D eigenvalue weighted by Crippen LogP contribution is 2.38. The van der Waals surface area contributed by atoms with Gasteiger partial charge in [-0.3, -0.25) is 4.79 Å². The van der Waals surface area contributed by atoms with Crippen molar-refractivity contribution in [2.45, 2.75) is 32.8 Å². The van der Waals surface area contributed by atoms with E-state index in [1.807, 2.05) is 20.8 Å². The van der Waals surface area contributed by atoms with Crippen LogP contribution < -0.4 is 20.5 Å². The molecule has 1 aromatic carbocycles. The highest BCUT2D eigenvalue weighted by atomic mass is 16.5. The summed E-state index contributed by atoms with van der Waals surface area (Å²) in [5.41, 5.74) is 6.73. The molecule has 0 atom stereocenters. The number of carbonyl (C=O) groups excluding carboxylic acids is 1. The maximum absolute atomic E-state index is 11.3. The molecule has 3 N–H and O–H groups in total. The minimum absolute atomic E-state index is 0.0209. The number of rotatable bonds is 3. The summed E-state index contributed by atoms with van der Waals surface area (Å²) < 4.78 is 11.1. The van der Waals surface area contributed by atoms with Crippen LogP contribution in [0.15, 0.2) is 12.1 Å². The minimum Gasteiger partial charge on any atom is -0.486 e. The zero-order valence-electron chi connectivity index (χ0n) is 10.9. The van der Waals surface area contributed by atoms with Crippen molar-refractivity contribution in [3.8, 4) is 11.5 Å². The molecule has 0 bridgehead atoms. The molecular formula is C13H18N2O3. The molecule has 1 aliphatic rings. The molecule has 2 rings (SSSR count). The van der Waals surface area contributed by atoms with Gasteiger partial charge in [0.1, 0.15) is 17.1 Å². The van der Waals surface area contributed by atoms with E-state index < -0.39 is 0 Å². The van der Waals surface area contributed by atoms with Gasteiger partial charge in [-0.15, -0.1) is 0 Å². The van der Waals surface area contributed by atoms with Crippen molar-refractivity contribution < 1.29 is 14.3 Å². The lowest BCUT2D eigenvalue weighted by Gasteiger charge is -2.27. The Hall–Kier alpha value is -1.91. The van der Waals surface area contributed by atoms with Gasteiger partial charge < -0.3 is 20.5 Å².